The molecule has 1 amide bonds. The minimum absolute atomic E-state index is 0.472. The first-order chi connectivity index (χ1) is 12.4. The number of carbonyl (C=O) groups is 1. The number of benzene rings is 1. The molecular weight excluding hydrogens is 348 g/mol. The topological polar surface area (TPSA) is 76.1 Å². The summed E-state index contributed by atoms with van der Waals surface area (Å²) >= 11 is 1.53. The molecule has 134 valence electrons. The molecule has 3 aromatic rings. The van der Waals surface area contributed by atoms with Crippen molar-refractivity contribution in [2.75, 3.05) is 10.6 Å². The van der Waals surface area contributed by atoms with E-state index >= 15 is 0 Å². The smallest absolute Gasteiger partial charge is 0.412 e. The normalized spacial score (nSPS) is 11.0. The van der Waals surface area contributed by atoms with Crippen molar-refractivity contribution in [1.82, 2.24) is 9.97 Å². The highest BCUT2D eigenvalue weighted by molar-refractivity contribution is 7.14. The van der Waals surface area contributed by atoms with Gasteiger partial charge in [-0.05, 0) is 57.2 Å². The number of rotatable bonds is 4. The van der Waals surface area contributed by atoms with Crippen molar-refractivity contribution in [3.05, 3.63) is 54.2 Å². The first kappa shape index (κ1) is 17.9. The number of hydrogen-bond donors (Lipinski definition) is 2. The van der Waals surface area contributed by atoms with E-state index in [-0.39, 0.29) is 0 Å². The molecule has 6 nitrogen and oxygen atoms in total. The third-order valence-electron chi connectivity index (χ3n) is 3.26. The SMILES string of the molecule is CC(C)(C)OC(=O)Nc1ccc(Nc2nc(-c3ccncc3)cs2)cc1. The molecule has 26 heavy (non-hydrogen) atoms. The number of amides is 1. The van der Waals surface area contributed by atoms with Crippen molar-refractivity contribution in [3.63, 3.8) is 0 Å². The van der Waals surface area contributed by atoms with Crippen LogP contribution in [0.15, 0.2) is 54.2 Å². The maximum absolute atomic E-state index is 11.8. The van der Waals surface area contributed by atoms with E-state index in [1.165, 1.54) is 11.3 Å². The number of anilines is 3. The van der Waals surface area contributed by atoms with Crippen molar-refractivity contribution in [3.8, 4) is 11.3 Å². The Morgan fingerprint density at radius 1 is 1.04 bits per heavy atom. The first-order valence-corrected chi connectivity index (χ1v) is 9.00. The number of pyridine rings is 1. The van der Waals surface area contributed by atoms with Crippen LogP contribution in [0.4, 0.5) is 21.3 Å². The second-order valence-electron chi connectivity index (χ2n) is 6.60. The van der Waals surface area contributed by atoms with Crippen molar-refractivity contribution < 1.29 is 9.53 Å². The van der Waals surface area contributed by atoms with Crippen LogP contribution in [0.25, 0.3) is 11.3 Å². The Kier molecular flexibility index (Phi) is 5.18. The molecule has 2 aromatic heterocycles. The summed E-state index contributed by atoms with van der Waals surface area (Å²) in [6.45, 7) is 5.48. The van der Waals surface area contributed by atoms with Gasteiger partial charge >= 0.3 is 6.09 Å². The molecule has 0 bridgehead atoms. The van der Waals surface area contributed by atoms with Crippen molar-refractivity contribution in [2.24, 2.45) is 0 Å². The highest BCUT2D eigenvalue weighted by atomic mass is 32.1. The second-order valence-corrected chi connectivity index (χ2v) is 7.46. The van der Waals surface area contributed by atoms with Gasteiger partial charge in [-0.25, -0.2) is 9.78 Å². The van der Waals surface area contributed by atoms with Gasteiger partial charge < -0.3 is 10.1 Å². The van der Waals surface area contributed by atoms with Crippen LogP contribution in [0, 0.1) is 0 Å². The molecular formula is C19H20N4O2S. The second kappa shape index (κ2) is 7.53. The van der Waals surface area contributed by atoms with Gasteiger partial charge in [0.15, 0.2) is 5.13 Å². The maximum atomic E-state index is 11.8. The van der Waals surface area contributed by atoms with Crippen molar-refractivity contribution >= 4 is 33.9 Å². The summed E-state index contributed by atoms with van der Waals surface area (Å²) in [6, 6.07) is 11.2. The average molecular weight is 368 g/mol. The van der Waals surface area contributed by atoms with Crippen LogP contribution in [0.2, 0.25) is 0 Å². The summed E-state index contributed by atoms with van der Waals surface area (Å²) < 4.78 is 5.23. The molecule has 0 aliphatic rings. The summed E-state index contributed by atoms with van der Waals surface area (Å²) in [6.07, 6.45) is 3.02. The quantitative estimate of drug-likeness (QED) is 0.654. The predicted molar refractivity (Wildman–Crippen MR) is 105 cm³/mol. The monoisotopic (exact) mass is 368 g/mol. The Morgan fingerprint density at radius 2 is 1.69 bits per heavy atom. The standard InChI is InChI=1S/C19H20N4O2S/c1-19(2,3)25-18(24)22-15-6-4-14(5-7-15)21-17-23-16(12-26-17)13-8-10-20-11-9-13/h4-12H,1-3H3,(H,21,23)(H,22,24). The van der Waals surface area contributed by atoms with E-state index in [1.807, 2.05) is 62.5 Å². The molecule has 0 spiro atoms. The fraction of sp³-hybridized carbons (Fsp3) is 0.211. The van der Waals surface area contributed by atoms with Crippen LogP contribution in [-0.4, -0.2) is 21.7 Å². The zero-order valence-electron chi connectivity index (χ0n) is 14.8. The summed E-state index contributed by atoms with van der Waals surface area (Å²) in [7, 11) is 0. The van der Waals surface area contributed by atoms with Crippen LogP contribution in [0.5, 0.6) is 0 Å². The molecule has 7 heteroatoms. The average Bonchev–Trinajstić information content (AvgIpc) is 3.04. The highest BCUT2D eigenvalue weighted by Gasteiger charge is 2.16. The number of ether oxygens (including phenoxy) is 1. The molecule has 0 aliphatic carbocycles. The fourth-order valence-electron chi connectivity index (χ4n) is 2.17. The van der Waals surface area contributed by atoms with Crippen LogP contribution in [0.1, 0.15) is 20.8 Å². The molecule has 3 rings (SSSR count). The number of nitrogens with zero attached hydrogens (tertiary/aromatic N) is 2. The lowest BCUT2D eigenvalue weighted by Crippen LogP contribution is -2.27. The molecule has 0 radical (unpaired) electrons. The van der Waals surface area contributed by atoms with E-state index < -0.39 is 11.7 Å². The highest BCUT2D eigenvalue weighted by Crippen LogP contribution is 2.27. The number of nitrogens with one attached hydrogen (secondary N) is 2. The summed E-state index contributed by atoms with van der Waals surface area (Å²) in [5.74, 6) is 0. The number of aromatic nitrogens is 2. The molecule has 2 N–H and O–H groups in total. The number of hydrogen-bond acceptors (Lipinski definition) is 6. The zero-order chi connectivity index (χ0) is 18.6. The van der Waals surface area contributed by atoms with E-state index in [2.05, 4.69) is 20.6 Å². The molecule has 2 heterocycles. The van der Waals surface area contributed by atoms with Gasteiger partial charge in [-0.15, -0.1) is 11.3 Å². The molecule has 0 aliphatic heterocycles. The van der Waals surface area contributed by atoms with Crippen LogP contribution >= 0.6 is 11.3 Å². The third-order valence-corrected chi connectivity index (χ3v) is 4.02. The van der Waals surface area contributed by atoms with Gasteiger partial charge in [0, 0.05) is 34.7 Å². The zero-order valence-corrected chi connectivity index (χ0v) is 15.6. The Bertz CT molecular complexity index is 871. The Hall–Kier alpha value is -2.93. The van der Waals surface area contributed by atoms with Crippen molar-refractivity contribution in [1.29, 1.82) is 0 Å². The summed E-state index contributed by atoms with van der Waals surface area (Å²) in [4.78, 5) is 20.4. The number of carbonyl (C=O) groups excluding carboxylic acids is 1. The maximum Gasteiger partial charge on any atom is 0.412 e. The van der Waals surface area contributed by atoms with Gasteiger partial charge in [0.2, 0.25) is 0 Å². The minimum Gasteiger partial charge on any atom is -0.444 e. The Morgan fingerprint density at radius 3 is 2.35 bits per heavy atom. The molecule has 0 saturated heterocycles. The lowest BCUT2D eigenvalue weighted by Gasteiger charge is -2.19. The van der Waals surface area contributed by atoms with Gasteiger partial charge in [0.05, 0.1) is 5.69 Å². The fourth-order valence-corrected chi connectivity index (χ4v) is 2.91. The van der Waals surface area contributed by atoms with Crippen LogP contribution in [-0.2, 0) is 4.74 Å². The van der Waals surface area contributed by atoms with Gasteiger partial charge in [0.1, 0.15) is 5.60 Å². The number of thiazole rings is 1. The molecule has 0 saturated carbocycles. The lowest BCUT2D eigenvalue weighted by atomic mass is 10.2. The van der Waals surface area contributed by atoms with Crippen LogP contribution in [0.3, 0.4) is 0 Å². The first-order valence-electron chi connectivity index (χ1n) is 8.12. The van der Waals surface area contributed by atoms with Crippen molar-refractivity contribution in [2.45, 2.75) is 26.4 Å². The summed E-state index contributed by atoms with van der Waals surface area (Å²) in [5, 5.41) is 8.76. The summed E-state index contributed by atoms with van der Waals surface area (Å²) in [5.41, 5.74) is 2.96. The van der Waals surface area contributed by atoms with E-state index in [0.717, 1.165) is 22.1 Å². The molecule has 0 unspecified atom stereocenters. The Labute approximate surface area is 156 Å². The molecule has 1 aromatic carbocycles. The molecule has 0 atom stereocenters. The third kappa shape index (κ3) is 5.03. The van der Waals surface area contributed by atoms with Gasteiger partial charge in [-0.3, -0.25) is 10.3 Å². The van der Waals surface area contributed by atoms with Gasteiger partial charge in [-0.2, -0.15) is 0 Å². The van der Waals surface area contributed by atoms with Crippen LogP contribution < -0.4 is 10.6 Å². The van der Waals surface area contributed by atoms with Gasteiger partial charge in [0.25, 0.3) is 0 Å². The van der Waals surface area contributed by atoms with E-state index in [0.29, 0.717) is 5.69 Å². The Balaban J connectivity index is 1.61. The predicted octanol–water partition coefficient (Wildman–Crippen LogP) is 5.30. The van der Waals surface area contributed by atoms with E-state index in [1.54, 1.807) is 12.4 Å². The lowest BCUT2D eigenvalue weighted by molar-refractivity contribution is 0.0636. The van der Waals surface area contributed by atoms with Gasteiger partial charge in [-0.1, -0.05) is 0 Å². The minimum atomic E-state index is -0.525. The largest absolute Gasteiger partial charge is 0.444 e. The van der Waals surface area contributed by atoms with E-state index in [4.69, 9.17) is 4.74 Å². The molecule has 0 fully saturated rings. The van der Waals surface area contributed by atoms with E-state index in [9.17, 15) is 4.79 Å².